The maximum absolute atomic E-state index is 13.1. The molecule has 0 bridgehead atoms. The van der Waals surface area contributed by atoms with Crippen LogP contribution in [-0.2, 0) is 4.74 Å². The van der Waals surface area contributed by atoms with Crippen molar-refractivity contribution < 1.29 is 13.5 Å². The van der Waals surface area contributed by atoms with E-state index in [0.717, 1.165) is 12.1 Å². The van der Waals surface area contributed by atoms with E-state index in [9.17, 15) is 8.78 Å². The number of hydrogen-bond donors (Lipinski definition) is 0. The molecule has 4 heteroatoms. The lowest BCUT2D eigenvalue weighted by molar-refractivity contribution is 0.365. The van der Waals surface area contributed by atoms with Crippen molar-refractivity contribution in [2.24, 2.45) is 0 Å². The molecule has 1 aromatic rings. The van der Waals surface area contributed by atoms with Gasteiger partial charge in [-0.15, -0.1) is 0 Å². The molecule has 0 amide bonds. The van der Waals surface area contributed by atoms with Gasteiger partial charge in [-0.05, 0) is 12.1 Å². The van der Waals surface area contributed by atoms with Gasteiger partial charge in [-0.3, -0.25) is 0 Å². The Morgan fingerprint density at radius 1 is 1.38 bits per heavy atom. The van der Waals surface area contributed by atoms with Gasteiger partial charge in [-0.1, -0.05) is 22.5 Å². The lowest BCUT2D eigenvalue weighted by Crippen LogP contribution is -1.95. The first kappa shape index (κ1) is 10.2. The summed E-state index contributed by atoms with van der Waals surface area (Å²) in [7, 11) is 1.31. The second-order valence-corrected chi connectivity index (χ2v) is 3.29. The average Bonchev–Trinajstić information content (AvgIpc) is 2.02. The SMILES string of the molecule is C=C(OC)c1c(F)cc(Br)cc1F. The van der Waals surface area contributed by atoms with Gasteiger partial charge >= 0.3 is 0 Å². The van der Waals surface area contributed by atoms with E-state index in [2.05, 4.69) is 27.2 Å². The summed E-state index contributed by atoms with van der Waals surface area (Å²) in [6, 6.07) is 2.31. The number of rotatable bonds is 2. The van der Waals surface area contributed by atoms with Crippen LogP contribution in [0.5, 0.6) is 0 Å². The van der Waals surface area contributed by atoms with Crippen molar-refractivity contribution in [2.45, 2.75) is 0 Å². The third-order valence-electron chi connectivity index (χ3n) is 1.53. The van der Waals surface area contributed by atoms with E-state index in [1.54, 1.807) is 0 Å². The number of methoxy groups -OCH3 is 1. The first-order valence-electron chi connectivity index (χ1n) is 3.44. The fraction of sp³-hybridized carbons (Fsp3) is 0.111. The molecule has 0 unspecified atom stereocenters. The van der Waals surface area contributed by atoms with Crippen LogP contribution in [0.1, 0.15) is 5.56 Å². The summed E-state index contributed by atoms with van der Waals surface area (Å²) < 4.78 is 31.3. The third-order valence-corrected chi connectivity index (χ3v) is 1.99. The molecule has 0 saturated carbocycles. The van der Waals surface area contributed by atoms with Gasteiger partial charge < -0.3 is 4.74 Å². The van der Waals surface area contributed by atoms with Gasteiger partial charge in [-0.25, -0.2) is 8.78 Å². The molecule has 0 fully saturated rings. The van der Waals surface area contributed by atoms with Gasteiger partial charge in [0.2, 0.25) is 0 Å². The standard InChI is InChI=1S/C9H7BrF2O/c1-5(13-2)9-7(11)3-6(10)4-8(9)12/h3-4H,1H2,2H3. The maximum atomic E-state index is 13.1. The highest BCUT2D eigenvalue weighted by Gasteiger charge is 2.13. The monoisotopic (exact) mass is 248 g/mol. The zero-order valence-corrected chi connectivity index (χ0v) is 8.49. The Morgan fingerprint density at radius 3 is 2.23 bits per heavy atom. The van der Waals surface area contributed by atoms with Crippen LogP contribution >= 0.6 is 15.9 Å². The minimum Gasteiger partial charge on any atom is -0.497 e. The molecule has 0 aliphatic carbocycles. The largest absolute Gasteiger partial charge is 0.497 e. The highest BCUT2D eigenvalue weighted by Crippen LogP contribution is 2.24. The molecule has 1 aromatic carbocycles. The Morgan fingerprint density at radius 2 is 1.85 bits per heavy atom. The Hall–Kier alpha value is -0.900. The van der Waals surface area contributed by atoms with E-state index < -0.39 is 11.6 Å². The third kappa shape index (κ3) is 2.06. The van der Waals surface area contributed by atoms with E-state index in [1.165, 1.54) is 7.11 Å². The number of benzene rings is 1. The fourth-order valence-electron chi connectivity index (χ4n) is 0.911. The Kier molecular flexibility index (Phi) is 3.03. The molecule has 0 aliphatic heterocycles. The number of ether oxygens (including phenoxy) is 1. The highest BCUT2D eigenvalue weighted by atomic mass is 79.9. The summed E-state index contributed by atoms with van der Waals surface area (Å²) in [4.78, 5) is 0. The lowest BCUT2D eigenvalue weighted by Gasteiger charge is -2.07. The van der Waals surface area contributed by atoms with Crippen molar-refractivity contribution in [3.8, 4) is 0 Å². The summed E-state index contributed by atoms with van der Waals surface area (Å²) in [6.45, 7) is 3.38. The predicted octanol–water partition coefficient (Wildman–Crippen LogP) is 3.34. The molecule has 1 nitrogen and oxygen atoms in total. The first-order chi connectivity index (χ1) is 6.06. The van der Waals surface area contributed by atoms with E-state index >= 15 is 0 Å². The van der Waals surface area contributed by atoms with Crippen LogP contribution in [0.15, 0.2) is 23.2 Å². The minimum atomic E-state index is -0.696. The smallest absolute Gasteiger partial charge is 0.138 e. The van der Waals surface area contributed by atoms with Gasteiger partial charge in [-0.2, -0.15) is 0 Å². The molecule has 70 valence electrons. The van der Waals surface area contributed by atoms with Gasteiger partial charge in [0.25, 0.3) is 0 Å². The molecule has 0 N–H and O–H groups in total. The summed E-state index contributed by atoms with van der Waals surface area (Å²) in [5.41, 5.74) is -0.231. The molecule has 0 aliphatic rings. The van der Waals surface area contributed by atoms with Crippen molar-refractivity contribution in [3.05, 3.63) is 40.4 Å². The van der Waals surface area contributed by atoms with Crippen LogP contribution in [0.3, 0.4) is 0 Å². The molecule has 13 heavy (non-hydrogen) atoms. The highest BCUT2D eigenvalue weighted by molar-refractivity contribution is 9.10. The molecule has 0 atom stereocenters. The quantitative estimate of drug-likeness (QED) is 0.730. The Labute approximate surface area is 83.1 Å². The van der Waals surface area contributed by atoms with E-state index in [4.69, 9.17) is 0 Å². The second kappa shape index (κ2) is 3.87. The molecular formula is C9H7BrF2O. The van der Waals surface area contributed by atoms with E-state index in [-0.39, 0.29) is 11.3 Å². The van der Waals surface area contributed by atoms with Crippen LogP contribution in [-0.4, -0.2) is 7.11 Å². The van der Waals surface area contributed by atoms with Crippen molar-refractivity contribution in [1.29, 1.82) is 0 Å². The molecule has 0 saturated heterocycles. The van der Waals surface area contributed by atoms with Gasteiger partial charge in [0, 0.05) is 4.47 Å². The molecule has 1 rings (SSSR count). The minimum absolute atomic E-state index is 0.0255. The van der Waals surface area contributed by atoms with Gasteiger partial charge in [0.1, 0.15) is 17.4 Å². The van der Waals surface area contributed by atoms with Crippen molar-refractivity contribution in [1.82, 2.24) is 0 Å². The van der Waals surface area contributed by atoms with Crippen LogP contribution in [0.25, 0.3) is 5.76 Å². The van der Waals surface area contributed by atoms with Gasteiger partial charge in [0.15, 0.2) is 0 Å². The zero-order chi connectivity index (χ0) is 10.0. The number of hydrogen-bond acceptors (Lipinski definition) is 1. The summed E-state index contributed by atoms with van der Waals surface area (Å²) >= 11 is 2.97. The zero-order valence-electron chi connectivity index (χ0n) is 6.90. The second-order valence-electron chi connectivity index (χ2n) is 2.37. The normalized spacial score (nSPS) is 9.85. The topological polar surface area (TPSA) is 9.23 Å². The van der Waals surface area contributed by atoms with E-state index in [0.29, 0.717) is 4.47 Å². The Bertz CT molecular complexity index is 326. The molecule has 0 radical (unpaired) electrons. The van der Waals surface area contributed by atoms with Crippen LogP contribution in [0.4, 0.5) is 8.78 Å². The molecular weight excluding hydrogens is 242 g/mol. The van der Waals surface area contributed by atoms with Crippen molar-refractivity contribution in [3.63, 3.8) is 0 Å². The average molecular weight is 249 g/mol. The lowest BCUT2D eigenvalue weighted by atomic mass is 10.2. The van der Waals surface area contributed by atoms with Gasteiger partial charge in [0.05, 0.1) is 12.7 Å². The summed E-state index contributed by atoms with van der Waals surface area (Å²) in [5, 5.41) is 0. The van der Waals surface area contributed by atoms with Crippen molar-refractivity contribution >= 4 is 21.7 Å². The van der Waals surface area contributed by atoms with Crippen LogP contribution in [0, 0.1) is 11.6 Å². The number of halogens is 3. The van der Waals surface area contributed by atoms with E-state index in [1.807, 2.05) is 0 Å². The Balaban J connectivity index is 3.28. The van der Waals surface area contributed by atoms with Crippen LogP contribution < -0.4 is 0 Å². The van der Waals surface area contributed by atoms with Crippen LogP contribution in [0.2, 0.25) is 0 Å². The summed E-state index contributed by atoms with van der Waals surface area (Å²) in [5.74, 6) is -1.42. The maximum Gasteiger partial charge on any atom is 0.138 e. The molecule has 0 aromatic heterocycles. The molecule has 0 spiro atoms. The molecule has 0 heterocycles. The fourth-order valence-corrected chi connectivity index (χ4v) is 1.31. The first-order valence-corrected chi connectivity index (χ1v) is 4.23. The van der Waals surface area contributed by atoms with Crippen molar-refractivity contribution in [2.75, 3.05) is 7.11 Å². The summed E-state index contributed by atoms with van der Waals surface area (Å²) in [6.07, 6.45) is 0. The predicted molar refractivity (Wildman–Crippen MR) is 50.1 cm³/mol.